The van der Waals surface area contributed by atoms with Gasteiger partial charge in [-0.3, -0.25) is 4.79 Å². The van der Waals surface area contributed by atoms with Crippen LogP contribution in [0.2, 0.25) is 0 Å². The van der Waals surface area contributed by atoms with Crippen LogP contribution in [0.25, 0.3) is 0 Å². The first kappa shape index (κ1) is 11.9. The summed E-state index contributed by atoms with van der Waals surface area (Å²) in [5, 5.41) is 6.23. The van der Waals surface area contributed by atoms with E-state index in [0.717, 1.165) is 28.8 Å². The van der Waals surface area contributed by atoms with E-state index in [1.165, 1.54) is 0 Å². The Morgan fingerprint density at radius 2 is 2.31 bits per heavy atom. The van der Waals surface area contributed by atoms with Crippen LogP contribution >= 0.6 is 22.6 Å². The largest absolute Gasteiger partial charge is 0.325 e. The molecule has 0 aromatic heterocycles. The van der Waals surface area contributed by atoms with Crippen molar-refractivity contribution in [2.75, 3.05) is 18.4 Å². The minimum atomic E-state index is 0.123. The van der Waals surface area contributed by atoms with Gasteiger partial charge in [-0.1, -0.05) is 12.1 Å². The van der Waals surface area contributed by atoms with Crippen LogP contribution in [0, 0.1) is 9.49 Å². The summed E-state index contributed by atoms with van der Waals surface area (Å²) in [7, 11) is 0. The van der Waals surface area contributed by atoms with Crippen LogP contribution in [0.15, 0.2) is 24.3 Å². The molecule has 16 heavy (non-hydrogen) atoms. The molecule has 0 spiro atoms. The summed E-state index contributed by atoms with van der Waals surface area (Å²) in [6.45, 7) is 2.01. The molecule has 1 aliphatic rings. The van der Waals surface area contributed by atoms with Gasteiger partial charge in [0.2, 0.25) is 5.91 Å². The third-order valence-electron chi connectivity index (χ3n) is 2.78. The van der Waals surface area contributed by atoms with Crippen molar-refractivity contribution in [2.24, 2.45) is 5.92 Å². The lowest BCUT2D eigenvalue weighted by molar-refractivity contribution is -0.116. The van der Waals surface area contributed by atoms with Gasteiger partial charge in [0.1, 0.15) is 0 Å². The molecule has 0 radical (unpaired) electrons. The fourth-order valence-electron chi connectivity index (χ4n) is 1.91. The molecule has 86 valence electrons. The number of carbonyl (C=O) groups excluding carboxylic acids is 1. The molecule has 1 amide bonds. The Morgan fingerprint density at radius 3 is 3.00 bits per heavy atom. The quantitative estimate of drug-likeness (QED) is 0.835. The number of anilines is 1. The highest BCUT2D eigenvalue weighted by atomic mass is 127. The molecule has 4 heteroatoms. The van der Waals surface area contributed by atoms with Crippen LogP contribution < -0.4 is 10.6 Å². The lowest BCUT2D eigenvalue weighted by Gasteiger charge is -2.10. The van der Waals surface area contributed by atoms with Gasteiger partial charge in [0.15, 0.2) is 0 Å². The summed E-state index contributed by atoms with van der Waals surface area (Å²) in [6, 6.07) is 7.84. The Balaban J connectivity index is 1.89. The van der Waals surface area contributed by atoms with E-state index >= 15 is 0 Å². The zero-order valence-electron chi connectivity index (χ0n) is 9.00. The second-order valence-electron chi connectivity index (χ2n) is 4.09. The van der Waals surface area contributed by atoms with Gasteiger partial charge >= 0.3 is 0 Å². The molecule has 1 unspecified atom stereocenters. The van der Waals surface area contributed by atoms with Crippen molar-refractivity contribution in [3.63, 3.8) is 0 Å². The fraction of sp³-hybridized carbons (Fsp3) is 0.417. The molecule has 1 heterocycles. The van der Waals surface area contributed by atoms with Gasteiger partial charge in [0.05, 0.1) is 5.69 Å². The Kier molecular flexibility index (Phi) is 4.17. The lowest BCUT2D eigenvalue weighted by Crippen LogP contribution is -2.18. The van der Waals surface area contributed by atoms with Crippen molar-refractivity contribution in [3.05, 3.63) is 27.8 Å². The molecule has 1 saturated heterocycles. The Labute approximate surface area is 109 Å². The van der Waals surface area contributed by atoms with Crippen LogP contribution in [0.4, 0.5) is 5.69 Å². The molecule has 2 N–H and O–H groups in total. The minimum absolute atomic E-state index is 0.123. The van der Waals surface area contributed by atoms with E-state index in [4.69, 9.17) is 0 Å². The van der Waals surface area contributed by atoms with E-state index < -0.39 is 0 Å². The highest BCUT2D eigenvalue weighted by Gasteiger charge is 2.18. The fourth-order valence-corrected chi connectivity index (χ4v) is 2.44. The van der Waals surface area contributed by atoms with E-state index in [1.807, 2.05) is 24.3 Å². The van der Waals surface area contributed by atoms with Crippen LogP contribution in [-0.4, -0.2) is 19.0 Å². The smallest absolute Gasteiger partial charge is 0.224 e. The number of carbonyl (C=O) groups is 1. The molecular formula is C12H15IN2O. The van der Waals surface area contributed by atoms with Gasteiger partial charge in [0, 0.05) is 9.99 Å². The summed E-state index contributed by atoms with van der Waals surface area (Å²) in [5.74, 6) is 0.624. The molecule has 1 aliphatic heterocycles. The first-order chi connectivity index (χ1) is 7.75. The first-order valence-corrected chi connectivity index (χ1v) is 6.58. The zero-order chi connectivity index (χ0) is 11.4. The summed E-state index contributed by atoms with van der Waals surface area (Å²) in [6.07, 6.45) is 1.73. The summed E-state index contributed by atoms with van der Waals surface area (Å²) < 4.78 is 1.08. The molecule has 1 aromatic rings. The maximum absolute atomic E-state index is 11.8. The van der Waals surface area contributed by atoms with Gasteiger partial charge in [-0.05, 0) is 60.2 Å². The standard InChI is InChI=1S/C12H15IN2O/c13-10-3-1-2-4-11(10)15-12(16)7-9-5-6-14-8-9/h1-4,9,14H,5-8H2,(H,15,16). The average molecular weight is 330 g/mol. The molecule has 3 nitrogen and oxygen atoms in total. The topological polar surface area (TPSA) is 41.1 Å². The molecule has 2 rings (SSSR count). The van der Waals surface area contributed by atoms with Gasteiger partial charge in [-0.2, -0.15) is 0 Å². The molecule has 1 fully saturated rings. The predicted octanol–water partition coefficient (Wildman–Crippen LogP) is 2.23. The van der Waals surface area contributed by atoms with Crippen LogP contribution in [0.3, 0.4) is 0 Å². The van der Waals surface area contributed by atoms with Crippen LogP contribution in [-0.2, 0) is 4.79 Å². The molecular weight excluding hydrogens is 315 g/mol. The van der Waals surface area contributed by atoms with Crippen molar-refractivity contribution < 1.29 is 4.79 Å². The highest BCUT2D eigenvalue weighted by Crippen LogP contribution is 2.19. The van der Waals surface area contributed by atoms with E-state index in [1.54, 1.807) is 0 Å². The average Bonchev–Trinajstić information content (AvgIpc) is 2.74. The summed E-state index contributed by atoms with van der Waals surface area (Å²) in [5.41, 5.74) is 0.916. The molecule has 0 saturated carbocycles. The lowest BCUT2D eigenvalue weighted by atomic mass is 10.0. The third kappa shape index (κ3) is 3.18. The Morgan fingerprint density at radius 1 is 1.50 bits per heavy atom. The number of hydrogen-bond acceptors (Lipinski definition) is 2. The second-order valence-corrected chi connectivity index (χ2v) is 5.25. The van der Waals surface area contributed by atoms with Crippen molar-refractivity contribution in [1.29, 1.82) is 0 Å². The number of para-hydroxylation sites is 1. The SMILES string of the molecule is O=C(CC1CCNC1)Nc1ccccc1I. The highest BCUT2D eigenvalue weighted by molar-refractivity contribution is 14.1. The Bertz CT molecular complexity index is 375. The predicted molar refractivity (Wildman–Crippen MR) is 73.4 cm³/mol. The molecule has 0 bridgehead atoms. The monoisotopic (exact) mass is 330 g/mol. The van der Waals surface area contributed by atoms with Crippen LogP contribution in [0.5, 0.6) is 0 Å². The molecule has 0 aliphatic carbocycles. The van der Waals surface area contributed by atoms with Crippen LogP contribution in [0.1, 0.15) is 12.8 Å². The number of amides is 1. The number of benzene rings is 1. The van der Waals surface area contributed by atoms with Gasteiger partial charge in [-0.25, -0.2) is 0 Å². The molecule has 1 atom stereocenters. The Hall–Kier alpha value is -0.620. The van der Waals surface area contributed by atoms with Gasteiger partial charge < -0.3 is 10.6 Å². The van der Waals surface area contributed by atoms with Gasteiger partial charge in [0.25, 0.3) is 0 Å². The summed E-state index contributed by atoms with van der Waals surface area (Å²) in [4.78, 5) is 11.8. The van der Waals surface area contributed by atoms with E-state index in [-0.39, 0.29) is 5.91 Å². The third-order valence-corrected chi connectivity index (χ3v) is 3.73. The molecule has 1 aromatic carbocycles. The minimum Gasteiger partial charge on any atom is -0.325 e. The zero-order valence-corrected chi connectivity index (χ0v) is 11.2. The van der Waals surface area contributed by atoms with E-state index in [2.05, 4.69) is 33.2 Å². The van der Waals surface area contributed by atoms with E-state index in [0.29, 0.717) is 12.3 Å². The second kappa shape index (κ2) is 5.63. The number of hydrogen-bond donors (Lipinski definition) is 2. The number of rotatable bonds is 3. The van der Waals surface area contributed by atoms with Crippen molar-refractivity contribution >= 4 is 34.2 Å². The van der Waals surface area contributed by atoms with Gasteiger partial charge in [-0.15, -0.1) is 0 Å². The van der Waals surface area contributed by atoms with Crippen molar-refractivity contribution in [2.45, 2.75) is 12.8 Å². The maximum Gasteiger partial charge on any atom is 0.224 e. The van der Waals surface area contributed by atoms with Crippen molar-refractivity contribution in [3.8, 4) is 0 Å². The van der Waals surface area contributed by atoms with Crippen molar-refractivity contribution in [1.82, 2.24) is 5.32 Å². The number of nitrogens with one attached hydrogen (secondary N) is 2. The number of halogens is 1. The summed E-state index contributed by atoms with van der Waals surface area (Å²) >= 11 is 2.23. The maximum atomic E-state index is 11.8. The van der Waals surface area contributed by atoms with E-state index in [9.17, 15) is 4.79 Å². The normalized spacial score (nSPS) is 19.7. The first-order valence-electron chi connectivity index (χ1n) is 5.51.